The smallest absolute Gasteiger partial charge is 0.231 e. The molecule has 0 aromatic heterocycles. The lowest BCUT2D eigenvalue weighted by atomic mass is 10.2. The van der Waals surface area contributed by atoms with Crippen molar-refractivity contribution in [3.63, 3.8) is 0 Å². The highest BCUT2D eigenvalue weighted by atomic mass is 16.7. The van der Waals surface area contributed by atoms with E-state index in [4.69, 9.17) is 9.47 Å². The highest BCUT2D eigenvalue weighted by Crippen LogP contribution is 2.34. The van der Waals surface area contributed by atoms with Gasteiger partial charge in [0.15, 0.2) is 11.5 Å². The Hall–Kier alpha value is -1.75. The van der Waals surface area contributed by atoms with Gasteiger partial charge in [-0.2, -0.15) is 0 Å². The van der Waals surface area contributed by atoms with Crippen LogP contribution in [0.25, 0.3) is 0 Å². The lowest BCUT2D eigenvalue weighted by Crippen LogP contribution is -2.23. The summed E-state index contributed by atoms with van der Waals surface area (Å²) in [7, 11) is 0. The van der Waals surface area contributed by atoms with Gasteiger partial charge in [-0.3, -0.25) is 4.79 Å². The van der Waals surface area contributed by atoms with Crippen molar-refractivity contribution in [2.75, 3.05) is 18.7 Å². The maximum Gasteiger partial charge on any atom is 0.231 e. The summed E-state index contributed by atoms with van der Waals surface area (Å²) in [5, 5.41) is 6.16. The van der Waals surface area contributed by atoms with Crippen LogP contribution in [0.15, 0.2) is 18.2 Å². The fourth-order valence-corrected chi connectivity index (χ4v) is 1.88. The van der Waals surface area contributed by atoms with Gasteiger partial charge in [0, 0.05) is 30.8 Å². The Labute approximate surface area is 105 Å². The first-order chi connectivity index (χ1) is 8.81. The number of hydrogen-bond donors (Lipinski definition) is 2. The Balaban J connectivity index is 1.50. The van der Waals surface area contributed by atoms with Crippen LogP contribution in [-0.4, -0.2) is 25.3 Å². The Morgan fingerprint density at radius 2 is 2.11 bits per heavy atom. The van der Waals surface area contributed by atoms with Gasteiger partial charge in [0.1, 0.15) is 0 Å². The summed E-state index contributed by atoms with van der Waals surface area (Å²) >= 11 is 0. The first kappa shape index (κ1) is 11.3. The van der Waals surface area contributed by atoms with E-state index >= 15 is 0 Å². The first-order valence-electron chi connectivity index (χ1n) is 6.24. The van der Waals surface area contributed by atoms with E-state index in [1.54, 1.807) is 12.1 Å². The molecular weight excluding hydrogens is 232 g/mol. The van der Waals surface area contributed by atoms with Crippen LogP contribution < -0.4 is 20.1 Å². The van der Waals surface area contributed by atoms with Crippen molar-refractivity contribution in [3.05, 3.63) is 18.2 Å². The molecule has 3 rings (SSSR count). The van der Waals surface area contributed by atoms with Gasteiger partial charge >= 0.3 is 0 Å². The number of carbonyl (C=O) groups excluding carboxylic acids is 1. The zero-order valence-electron chi connectivity index (χ0n) is 10.1. The van der Waals surface area contributed by atoms with Crippen molar-refractivity contribution in [1.29, 1.82) is 0 Å². The number of nitrogens with one attached hydrogen (secondary N) is 2. The monoisotopic (exact) mass is 248 g/mol. The number of carbonyl (C=O) groups is 1. The largest absolute Gasteiger partial charge is 0.454 e. The number of rotatable bonds is 5. The predicted octanol–water partition coefficient (Wildman–Crippen LogP) is 1.50. The average Bonchev–Trinajstić information content (AvgIpc) is 3.06. The normalized spacial score (nSPS) is 16.7. The number of anilines is 1. The van der Waals surface area contributed by atoms with Crippen LogP contribution in [0.3, 0.4) is 0 Å². The molecule has 2 aliphatic rings. The van der Waals surface area contributed by atoms with E-state index in [-0.39, 0.29) is 12.7 Å². The summed E-state index contributed by atoms with van der Waals surface area (Å²) < 4.78 is 10.5. The van der Waals surface area contributed by atoms with Crippen LogP contribution in [0.4, 0.5) is 5.69 Å². The highest BCUT2D eigenvalue weighted by Gasteiger charge is 2.20. The summed E-state index contributed by atoms with van der Waals surface area (Å²) in [5.74, 6) is 1.43. The van der Waals surface area contributed by atoms with E-state index in [9.17, 15) is 4.79 Å². The molecule has 1 aromatic rings. The fraction of sp³-hybridized carbons (Fsp3) is 0.462. The molecule has 1 amide bonds. The topological polar surface area (TPSA) is 59.6 Å². The number of fused-ring (bicyclic) bond motifs is 1. The standard InChI is InChI=1S/C13H16N2O3/c16-13(5-6-14-9-1-2-9)15-10-3-4-11-12(7-10)18-8-17-11/h3-4,7,9,14H,1-2,5-6,8H2,(H,15,16). The van der Waals surface area contributed by atoms with E-state index in [1.165, 1.54) is 12.8 Å². The molecule has 5 nitrogen and oxygen atoms in total. The fourth-order valence-electron chi connectivity index (χ4n) is 1.88. The van der Waals surface area contributed by atoms with Crippen LogP contribution in [0.5, 0.6) is 11.5 Å². The minimum atomic E-state index is 0.0158. The third-order valence-electron chi connectivity index (χ3n) is 3.02. The van der Waals surface area contributed by atoms with Crippen molar-refractivity contribution in [2.24, 2.45) is 0 Å². The van der Waals surface area contributed by atoms with Gasteiger partial charge in [0.25, 0.3) is 0 Å². The number of hydrogen-bond acceptors (Lipinski definition) is 4. The second kappa shape index (κ2) is 4.86. The molecule has 96 valence electrons. The number of benzene rings is 1. The predicted molar refractivity (Wildman–Crippen MR) is 66.8 cm³/mol. The second-order valence-corrected chi connectivity index (χ2v) is 4.59. The van der Waals surface area contributed by atoms with Gasteiger partial charge in [0.05, 0.1) is 0 Å². The molecule has 0 radical (unpaired) electrons. The molecule has 0 atom stereocenters. The average molecular weight is 248 g/mol. The van der Waals surface area contributed by atoms with Gasteiger partial charge < -0.3 is 20.1 Å². The van der Waals surface area contributed by atoms with E-state index in [0.29, 0.717) is 18.2 Å². The number of amides is 1. The molecule has 0 bridgehead atoms. The molecule has 0 spiro atoms. The number of ether oxygens (including phenoxy) is 2. The maximum atomic E-state index is 11.7. The zero-order valence-corrected chi connectivity index (χ0v) is 10.1. The maximum absolute atomic E-state index is 11.7. The first-order valence-corrected chi connectivity index (χ1v) is 6.24. The SMILES string of the molecule is O=C(CCNC1CC1)Nc1ccc2c(c1)OCO2. The zero-order chi connectivity index (χ0) is 12.4. The third-order valence-corrected chi connectivity index (χ3v) is 3.02. The van der Waals surface area contributed by atoms with Crippen LogP contribution in [0.2, 0.25) is 0 Å². The van der Waals surface area contributed by atoms with Crippen LogP contribution in [0.1, 0.15) is 19.3 Å². The molecule has 1 aliphatic heterocycles. The quantitative estimate of drug-likeness (QED) is 0.829. The summed E-state index contributed by atoms with van der Waals surface area (Å²) in [6.07, 6.45) is 2.97. The molecular formula is C13H16N2O3. The molecule has 1 aromatic carbocycles. The van der Waals surface area contributed by atoms with Crippen LogP contribution in [-0.2, 0) is 4.79 Å². The summed E-state index contributed by atoms with van der Waals surface area (Å²) in [4.78, 5) is 11.7. The van der Waals surface area contributed by atoms with Crippen molar-refractivity contribution in [2.45, 2.75) is 25.3 Å². The van der Waals surface area contributed by atoms with Crippen molar-refractivity contribution < 1.29 is 14.3 Å². The molecule has 2 N–H and O–H groups in total. The molecule has 1 heterocycles. The molecule has 18 heavy (non-hydrogen) atoms. The molecule has 1 aliphatic carbocycles. The van der Waals surface area contributed by atoms with Crippen molar-refractivity contribution in [1.82, 2.24) is 5.32 Å². The Morgan fingerprint density at radius 1 is 1.28 bits per heavy atom. The Kier molecular flexibility index (Phi) is 3.06. The molecule has 0 unspecified atom stereocenters. The van der Waals surface area contributed by atoms with Gasteiger partial charge in [-0.25, -0.2) is 0 Å². The summed E-state index contributed by atoms with van der Waals surface area (Å²) in [6.45, 7) is 0.985. The Morgan fingerprint density at radius 3 is 2.94 bits per heavy atom. The lowest BCUT2D eigenvalue weighted by molar-refractivity contribution is -0.116. The minimum Gasteiger partial charge on any atom is -0.454 e. The van der Waals surface area contributed by atoms with Crippen LogP contribution >= 0.6 is 0 Å². The van der Waals surface area contributed by atoms with E-state index in [2.05, 4.69) is 10.6 Å². The summed E-state index contributed by atoms with van der Waals surface area (Å²) in [5.41, 5.74) is 0.746. The van der Waals surface area contributed by atoms with Crippen molar-refractivity contribution >= 4 is 11.6 Å². The van der Waals surface area contributed by atoms with Crippen LogP contribution in [0, 0.1) is 0 Å². The van der Waals surface area contributed by atoms with E-state index in [1.807, 2.05) is 6.07 Å². The third kappa shape index (κ3) is 2.73. The van der Waals surface area contributed by atoms with E-state index in [0.717, 1.165) is 18.0 Å². The molecule has 5 heteroatoms. The lowest BCUT2D eigenvalue weighted by Gasteiger charge is -2.06. The summed E-state index contributed by atoms with van der Waals surface area (Å²) in [6, 6.07) is 6.05. The second-order valence-electron chi connectivity index (χ2n) is 4.59. The van der Waals surface area contributed by atoms with E-state index < -0.39 is 0 Å². The van der Waals surface area contributed by atoms with Gasteiger partial charge in [0.2, 0.25) is 12.7 Å². The molecule has 1 fully saturated rings. The van der Waals surface area contributed by atoms with Gasteiger partial charge in [-0.15, -0.1) is 0 Å². The molecule has 0 saturated heterocycles. The Bertz CT molecular complexity index is 458. The highest BCUT2D eigenvalue weighted by molar-refractivity contribution is 5.91. The van der Waals surface area contributed by atoms with Crippen molar-refractivity contribution in [3.8, 4) is 11.5 Å². The van der Waals surface area contributed by atoms with Gasteiger partial charge in [-0.05, 0) is 25.0 Å². The molecule has 1 saturated carbocycles. The minimum absolute atomic E-state index is 0.0158. The van der Waals surface area contributed by atoms with Gasteiger partial charge in [-0.1, -0.05) is 0 Å².